The van der Waals surface area contributed by atoms with E-state index in [2.05, 4.69) is 26.0 Å². The Hall–Kier alpha value is -1.66. The van der Waals surface area contributed by atoms with E-state index in [0.29, 0.717) is 5.56 Å². The summed E-state index contributed by atoms with van der Waals surface area (Å²) < 4.78 is 29.5. The first-order valence-electron chi connectivity index (χ1n) is 5.77. The fraction of sp³-hybridized carbons (Fsp3) is 0.0714. The lowest BCUT2D eigenvalue weighted by molar-refractivity contribution is -0.0498. The molecule has 0 bridgehead atoms. The topological polar surface area (TPSA) is 38.3 Å². The second-order valence-corrected chi connectivity index (χ2v) is 5.25. The Morgan fingerprint density at radius 1 is 1.24 bits per heavy atom. The van der Waals surface area contributed by atoms with Crippen molar-refractivity contribution in [3.05, 3.63) is 57.5 Å². The van der Waals surface area contributed by atoms with E-state index in [0.717, 1.165) is 0 Å². The Morgan fingerprint density at radius 2 is 1.90 bits per heavy atom. The van der Waals surface area contributed by atoms with Crippen LogP contribution < -0.4 is 10.1 Å². The van der Waals surface area contributed by atoms with Crippen molar-refractivity contribution in [1.29, 1.82) is 0 Å². The molecule has 0 atom stereocenters. The minimum Gasteiger partial charge on any atom is -0.431 e. The number of alkyl halides is 2. The quantitative estimate of drug-likeness (QED) is 0.819. The number of benzene rings is 2. The van der Waals surface area contributed by atoms with Gasteiger partial charge in [-0.1, -0.05) is 29.8 Å². The predicted molar refractivity (Wildman–Crippen MR) is 80.2 cm³/mol. The van der Waals surface area contributed by atoms with Gasteiger partial charge >= 0.3 is 6.61 Å². The predicted octanol–water partition coefficient (Wildman–Crippen LogP) is 4.96. The van der Waals surface area contributed by atoms with Gasteiger partial charge in [0.05, 0.1) is 10.2 Å². The van der Waals surface area contributed by atoms with Crippen LogP contribution in [0.1, 0.15) is 10.4 Å². The molecule has 2 aromatic carbocycles. The Morgan fingerprint density at radius 3 is 2.52 bits per heavy atom. The van der Waals surface area contributed by atoms with E-state index in [4.69, 9.17) is 11.6 Å². The van der Waals surface area contributed by atoms with E-state index in [1.54, 1.807) is 30.3 Å². The number of hydrogen-bond donors (Lipinski definition) is 1. The van der Waals surface area contributed by atoms with E-state index in [-0.39, 0.29) is 20.9 Å². The Balaban J connectivity index is 2.32. The van der Waals surface area contributed by atoms with Crippen LogP contribution in [-0.4, -0.2) is 12.5 Å². The largest absolute Gasteiger partial charge is 0.431 e. The van der Waals surface area contributed by atoms with E-state index in [1.807, 2.05) is 0 Å². The third kappa shape index (κ3) is 4.15. The second-order valence-electron chi connectivity index (χ2n) is 3.96. The number of hydrogen-bond acceptors (Lipinski definition) is 2. The molecule has 7 heteroatoms. The lowest BCUT2D eigenvalue weighted by Crippen LogP contribution is -2.14. The molecule has 0 unspecified atom stereocenters. The number of amides is 1. The van der Waals surface area contributed by atoms with Gasteiger partial charge < -0.3 is 10.1 Å². The molecular formula is C14H9BrClF2NO2. The van der Waals surface area contributed by atoms with Crippen LogP contribution in [-0.2, 0) is 0 Å². The number of anilines is 1. The zero-order valence-corrected chi connectivity index (χ0v) is 12.8. The first-order chi connectivity index (χ1) is 9.97. The molecule has 0 aliphatic heterocycles. The van der Waals surface area contributed by atoms with Crippen LogP contribution >= 0.6 is 27.5 Å². The summed E-state index contributed by atoms with van der Waals surface area (Å²) in [6, 6.07) is 11.1. The highest BCUT2D eigenvalue weighted by molar-refractivity contribution is 9.10. The molecule has 0 saturated heterocycles. The maximum Gasteiger partial charge on any atom is 0.387 e. The summed E-state index contributed by atoms with van der Waals surface area (Å²) in [4.78, 5) is 12.1. The van der Waals surface area contributed by atoms with Crippen LogP contribution in [0.15, 0.2) is 46.9 Å². The molecule has 0 saturated carbocycles. The van der Waals surface area contributed by atoms with E-state index < -0.39 is 12.5 Å². The molecule has 0 aromatic heterocycles. The summed E-state index contributed by atoms with van der Waals surface area (Å²) in [5.74, 6) is -0.637. The maximum absolute atomic E-state index is 12.5. The van der Waals surface area contributed by atoms with Crippen molar-refractivity contribution in [2.75, 3.05) is 5.32 Å². The fourth-order valence-corrected chi connectivity index (χ4v) is 2.55. The van der Waals surface area contributed by atoms with Crippen molar-refractivity contribution in [1.82, 2.24) is 0 Å². The molecule has 3 nitrogen and oxygen atoms in total. The zero-order valence-electron chi connectivity index (χ0n) is 10.4. The van der Waals surface area contributed by atoms with Gasteiger partial charge in [-0.05, 0) is 40.2 Å². The molecule has 0 spiro atoms. The van der Waals surface area contributed by atoms with Crippen LogP contribution in [0, 0.1) is 0 Å². The van der Waals surface area contributed by atoms with Gasteiger partial charge in [0.25, 0.3) is 5.91 Å². The summed E-state index contributed by atoms with van der Waals surface area (Å²) in [5, 5.41) is 2.77. The molecule has 0 aliphatic carbocycles. The average molecular weight is 377 g/mol. The van der Waals surface area contributed by atoms with Crippen molar-refractivity contribution in [3.8, 4) is 5.75 Å². The average Bonchev–Trinajstić information content (AvgIpc) is 2.43. The van der Waals surface area contributed by atoms with Gasteiger partial charge in [-0.25, -0.2) is 0 Å². The lowest BCUT2D eigenvalue weighted by Gasteiger charge is -2.14. The fourth-order valence-electron chi connectivity index (χ4n) is 1.65. The molecule has 1 N–H and O–H groups in total. The maximum atomic E-state index is 12.5. The third-order valence-corrected chi connectivity index (χ3v) is 3.31. The first kappa shape index (κ1) is 15.7. The van der Waals surface area contributed by atoms with Gasteiger partial charge in [-0.3, -0.25) is 4.79 Å². The summed E-state index contributed by atoms with van der Waals surface area (Å²) in [6.45, 7) is -3.02. The van der Waals surface area contributed by atoms with Gasteiger partial charge in [-0.15, -0.1) is 0 Å². The number of halogens is 4. The van der Waals surface area contributed by atoms with Gasteiger partial charge in [-0.2, -0.15) is 8.78 Å². The number of ether oxygens (including phenoxy) is 1. The van der Waals surface area contributed by atoms with Crippen LogP contribution in [0.4, 0.5) is 14.5 Å². The minimum absolute atomic E-state index is 0.0588. The van der Waals surface area contributed by atoms with Crippen molar-refractivity contribution in [3.63, 3.8) is 0 Å². The Bertz CT molecular complexity index is 653. The van der Waals surface area contributed by atoms with Crippen LogP contribution in [0.3, 0.4) is 0 Å². The number of carbonyl (C=O) groups is 1. The highest BCUT2D eigenvalue weighted by Crippen LogP contribution is 2.37. The van der Waals surface area contributed by atoms with Crippen molar-refractivity contribution in [2.45, 2.75) is 6.61 Å². The number of carbonyl (C=O) groups excluding carboxylic acids is 1. The minimum atomic E-state index is -3.02. The summed E-state index contributed by atoms with van der Waals surface area (Å²) >= 11 is 8.94. The number of nitrogens with one attached hydrogen (secondary N) is 1. The highest BCUT2D eigenvalue weighted by atomic mass is 79.9. The summed E-state index contributed by atoms with van der Waals surface area (Å²) in [6.07, 6.45) is 0. The van der Waals surface area contributed by atoms with Gasteiger partial charge in [0.2, 0.25) is 0 Å². The molecule has 0 heterocycles. The molecule has 110 valence electrons. The van der Waals surface area contributed by atoms with E-state index in [1.165, 1.54) is 12.1 Å². The monoisotopic (exact) mass is 375 g/mol. The standard InChI is InChI=1S/C14H9BrClF2NO2/c15-10-6-9(16)7-11(12(10)21-14(17)18)19-13(20)8-4-2-1-3-5-8/h1-7,14H,(H,19,20). The Labute approximate surface area is 133 Å². The zero-order chi connectivity index (χ0) is 15.4. The van der Waals surface area contributed by atoms with Crippen LogP contribution in [0.25, 0.3) is 0 Å². The van der Waals surface area contributed by atoms with Crippen molar-refractivity contribution >= 4 is 39.1 Å². The van der Waals surface area contributed by atoms with Gasteiger partial charge in [0.1, 0.15) is 0 Å². The normalized spacial score (nSPS) is 10.5. The molecule has 0 fully saturated rings. The van der Waals surface area contributed by atoms with Crippen molar-refractivity contribution in [2.24, 2.45) is 0 Å². The van der Waals surface area contributed by atoms with Gasteiger partial charge in [0, 0.05) is 10.6 Å². The smallest absolute Gasteiger partial charge is 0.387 e. The van der Waals surface area contributed by atoms with Crippen LogP contribution in [0.2, 0.25) is 5.02 Å². The lowest BCUT2D eigenvalue weighted by atomic mass is 10.2. The summed E-state index contributed by atoms with van der Waals surface area (Å²) in [7, 11) is 0. The molecular weight excluding hydrogens is 368 g/mol. The molecule has 1 amide bonds. The SMILES string of the molecule is O=C(Nc1cc(Cl)cc(Br)c1OC(F)F)c1ccccc1. The molecule has 21 heavy (non-hydrogen) atoms. The molecule has 0 aliphatic rings. The Kier molecular flexibility index (Phi) is 5.14. The highest BCUT2D eigenvalue weighted by Gasteiger charge is 2.17. The molecule has 0 radical (unpaired) electrons. The summed E-state index contributed by atoms with van der Waals surface area (Å²) in [5.41, 5.74) is 0.445. The molecule has 2 rings (SSSR count). The second kappa shape index (κ2) is 6.87. The van der Waals surface area contributed by atoms with Crippen molar-refractivity contribution < 1.29 is 18.3 Å². The van der Waals surface area contributed by atoms with E-state index >= 15 is 0 Å². The van der Waals surface area contributed by atoms with Crippen LogP contribution in [0.5, 0.6) is 5.75 Å². The van der Waals surface area contributed by atoms with Gasteiger partial charge in [0.15, 0.2) is 5.75 Å². The number of rotatable bonds is 4. The molecule has 2 aromatic rings. The third-order valence-electron chi connectivity index (χ3n) is 2.50. The first-order valence-corrected chi connectivity index (χ1v) is 6.94. The van der Waals surface area contributed by atoms with E-state index in [9.17, 15) is 13.6 Å².